The summed E-state index contributed by atoms with van der Waals surface area (Å²) in [5, 5.41) is 0. The molecule has 15 heavy (non-hydrogen) atoms. The highest BCUT2D eigenvalue weighted by Crippen LogP contribution is 2.15. The highest BCUT2D eigenvalue weighted by molar-refractivity contribution is 6.18. The second-order valence-corrected chi connectivity index (χ2v) is 4.31. The van der Waals surface area contributed by atoms with Crippen molar-refractivity contribution in [1.29, 1.82) is 0 Å². The summed E-state index contributed by atoms with van der Waals surface area (Å²) in [6.07, 6.45) is 2.66. The molecular weight excluding hydrogens is 237 g/mol. The fourth-order valence-corrected chi connectivity index (χ4v) is 2.08. The minimum atomic E-state index is -0.273. The molecule has 0 aromatic rings. The zero-order chi connectivity index (χ0) is 11.1. The molecule has 1 rings (SSSR count). The third-order valence-electron chi connectivity index (χ3n) is 2.48. The summed E-state index contributed by atoms with van der Waals surface area (Å²) in [4.78, 5) is 13.7. The van der Waals surface area contributed by atoms with Crippen LogP contribution >= 0.6 is 23.2 Å². The lowest BCUT2D eigenvalue weighted by Gasteiger charge is -2.28. The first-order valence-corrected chi connectivity index (χ1v) is 6.39. The summed E-state index contributed by atoms with van der Waals surface area (Å²) < 4.78 is 5.44. The zero-order valence-electron chi connectivity index (χ0n) is 8.75. The van der Waals surface area contributed by atoms with Crippen molar-refractivity contribution in [1.82, 2.24) is 4.90 Å². The van der Waals surface area contributed by atoms with E-state index in [1.54, 1.807) is 4.90 Å². The van der Waals surface area contributed by atoms with Gasteiger partial charge in [-0.15, -0.1) is 23.2 Å². The van der Waals surface area contributed by atoms with Gasteiger partial charge in [-0.25, -0.2) is 0 Å². The Morgan fingerprint density at radius 1 is 1.27 bits per heavy atom. The lowest BCUT2D eigenvalue weighted by Crippen LogP contribution is -2.43. The van der Waals surface area contributed by atoms with Crippen LogP contribution in [-0.2, 0) is 9.53 Å². The van der Waals surface area contributed by atoms with Crippen molar-refractivity contribution in [3.05, 3.63) is 0 Å². The normalized spacial score (nSPS) is 21.3. The molecule has 0 N–H and O–H groups in total. The molecule has 0 saturated carbocycles. The Labute approximate surface area is 101 Å². The molecule has 1 aliphatic rings. The molecule has 0 aromatic carbocycles. The Morgan fingerprint density at radius 2 is 1.93 bits per heavy atom. The summed E-state index contributed by atoms with van der Waals surface area (Å²) in [7, 11) is 0. The van der Waals surface area contributed by atoms with Crippen molar-refractivity contribution >= 4 is 29.1 Å². The first kappa shape index (κ1) is 13.1. The Hall–Kier alpha value is 0.01000. The van der Waals surface area contributed by atoms with Crippen LogP contribution in [0, 0.1) is 0 Å². The molecule has 1 unspecified atom stereocenters. The van der Waals surface area contributed by atoms with E-state index in [0.29, 0.717) is 31.5 Å². The monoisotopic (exact) mass is 253 g/mol. The van der Waals surface area contributed by atoms with Crippen molar-refractivity contribution in [2.45, 2.75) is 25.4 Å². The van der Waals surface area contributed by atoms with Gasteiger partial charge in [-0.3, -0.25) is 4.79 Å². The highest BCUT2D eigenvalue weighted by atomic mass is 35.5. The van der Waals surface area contributed by atoms with Gasteiger partial charge in [-0.05, 0) is 19.3 Å². The van der Waals surface area contributed by atoms with Gasteiger partial charge in [0.15, 0.2) is 0 Å². The van der Waals surface area contributed by atoms with Gasteiger partial charge in [0.05, 0.1) is 0 Å². The number of carbonyl (C=O) groups is 1. The van der Waals surface area contributed by atoms with Crippen LogP contribution in [0.3, 0.4) is 0 Å². The van der Waals surface area contributed by atoms with E-state index in [4.69, 9.17) is 27.9 Å². The molecule has 0 radical (unpaired) electrons. The van der Waals surface area contributed by atoms with Gasteiger partial charge in [0.2, 0.25) is 0 Å². The summed E-state index contributed by atoms with van der Waals surface area (Å²) >= 11 is 11.3. The summed E-state index contributed by atoms with van der Waals surface area (Å²) in [6, 6.07) is 0. The smallest absolute Gasteiger partial charge is 0.251 e. The molecule has 3 nitrogen and oxygen atoms in total. The van der Waals surface area contributed by atoms with Crippen LogP contribution in [0.4, 0.5) is 0 Å². The number of ether oxygens (including phenoxy) is 1. The maximum atomic E-state index is 12.0. The van der Waals surface area contributed by atoms with E-state index in [1.165, 1.54) is 0 Å². The first-order valence-electron chi connectivity index (χ1n) is 5.32. The Balaban J connectivity index is 2.45. The molecule has 1 heterocycles. The van der Waals surface area contributed by atoms with E-state index in [0.717, 1.165) is 19.3 Å². The molecule has 0 bridgehead atoms. The quantitative estimate of drug-likeness (QED) is 0.701. The van der Waals surface area contributed by atoms with Gasteiger partial charge >= 0.3 is 0 Å². The molecule has 5 heteroatoms. The highest BCUT2D eigenvalue weighted by Gasteiger charge is 2.26. The van der Waals surface area contributed by atoms with Crippen LogP contribution in [0.5, 0.6) is 0 Å². The van der Waals surface area contributed by atoms with Crippen molar-refractivity contribution in [2.24, 2.45) is 0 Å². The van der Waals surface area contributed by atoms with Gasteiger partial charge in [0.1, 0.15) is 6.10 Å². The Bertz CT molecular complexity index is 190. The van der Waals surface area contributed by atoms with Crippen LogP contribution in [-0.4, -0.2) is 48.4 Å². The van der Waals surface area contributed by atoms with Crippen LogP contribution in [0.25, 0.3) is 0 Å². The lowest BCUT2D eigenvalue weighted by atomic mass is 10.1. The average Bonchev–Trinajstić information content (AvgIpc) is 2.29. The third kappa shape index (κ3) is 4.17. The fourth-order valence-electron chi connectivity index (χ4n) is 1.68. The van der Waals surface area contributed by atoms with Gasteiger partial charge in [0, 0.05) is 31.5 Å². The predicted molar refractivity (Wildman–Crippen MR) is 61.6 cm³/mol. The topological polar surface area (TPSA) is 29.5 Å². The SMILES string of the molecule is O=C(C1CCCCO1)N(CCCl)CCCl. The molecular formula is C10H17Cl2NO2. The second-order valence-electron chi connectivity index (χ2n) is 3.56. The number of nitrogens with zero attached hydrogens (tertiary/aromatic N) is 1. The van der Waals surface area contributed by atoms with Gasteiger partial charge in [-0.2, -0.15) is 0 Å². The maximum absolute atomic E-state index is 12.0. The van der Waals surface area contributed by atoms with Crippen molar-refractivity contribution in [3.63, 3.8) is 0 Å². The number of amides is 1. The zero-order valence-corrected chi connectivity index (χ0v) is 10.3. The number of hydrogen-bond acceptors (Lipinski definition) is 2. The third-order valence-corrected chi connectivity index (χ3v) is 2.81. The van der Waals surface area contributed by atoms with Gasteiger partial charge in [-0.1, -0.05) is 0 Å². The molecule has 1 saturated heterocycles. The number of rotatable bonds is 5. The minimum Gasteiger partial charge on any atom is -0.368 e. The molecule has 1 atom stereocenters. The summed E-state index contributed by atoms with van der Waals surface area (Å²) in [6.45, 7) is 1.78. The number of hydrogen-bond donors (Lipinski definition) is 0. The number of halogens is 2. The minimum absolute atomic E-state index is 0.0380. The van der Waals surface area contributed by atoms with Crippen LogP contribution < -0.4 is 0 Å². The van der Waals surface area contributed by atoms with E-state index >= 15 is 0 Å². The molecule has 1 amide bonds. The molecule has 88 valence electrons. The Morgan fingerprint density at radius 3 is 2.40 bits per heavy atom. The van der Waals surface area contributed by atoms with E-state index in [2.05, 4.69) is 0 Å². The predicted octanol–water partition coefficient (Wildman–Crippen LogP) is 1.86. The van der Waals surface area contributed by atoms with Crippen molar-refractivity contribution in [3.8, 4) is 0 Å². The molecule has 1 aliphatic heterocycles. The number of carbonyl (C=O) groups excluding carboxylic acids is 1. The lowest BCUT2D eigenvalue weighted by molar-refractivity contribution is -0.146. The molecule has 0 aromatic heterocycles. The van der Waals surface area contributed by atoms with E-state index < -0.39 is 0 Å². The van der Waals surface area contributed by atoms with Crippen molar-refractivity contribution in [2.75, 3.05) is 31.5 Å². The Kier molecular flexibility index (Phi) is 6.37. The van der Waals surface area contributed by atoms with Crippen LogP contribution in [0.1, 0.15) is 19.3 Å². The average molecular weight is 254 g/mol. The number of alkyl halides is 2. The van der Waals surface area contributed by atoms with Crippen LogP contribution in [0.2, 0.25) is 0 Å². The standard InChI is InChI=1S/C10H17Cl2NO2/c11-4-6-13(7-5-12)10(14)9-3-1-2-8-15-9/h9H,1-8H2. The van der Waals surface area contributed by atoms with E-state index in [-0.39, 0.29) is 12.0 Å². The fraction of sp³-hybridized carbons (Fsp3) is 0.900. The van der Waals surface area contributed by atoms with Gasteiger partial charge in [0.25, 0.3) is 5.91 Å². The van der Waals surface area contributed by atoms with Crippen LogP contribution in [0.15, 0.2) is 0 Å². The maximum Gasteiger partial charge on any atom is 0.251 e. The molecule has 0 aliphatic carbocycles. The summed E-state index contributed by atoms with van der Waals surface area (Å²) in [5.74, 6) is 0.918. The first-order chi connectivity index (χ1) is 7.29. The molecule has 0 spiro atoms. The largest absolute Gasteiger partial charge is 0.368 e. The molecule has 1 fully saturated rings. The van der Waals surface area contributed by atoms with E-state index in [1.807, 2.05) is 0 Å². The van der Waals surface area contributed by atoms with Gasteiger partial charge < -0.3 is 9.64 Å². The summed E-state index contributed by atoms with van der Waals surface area (Å²) in [5.41, 5.74) is 0. The van der Waals surface area contributed by atoms with Crippen molar-refractivity contribution < 1.29 is 9.53 Å². The van der Waals surface area contributed by atoms with E-state index in [9.17, 15) is 4.79 Å². The second kappa shape index (κ2) is 7.31.